The number of aromatic nitrogens is 3. The zero-order valence-corrected chi connectivity index (χ0v) is 10.5. The summed E-state index contributed by atoms with van der Waals surface area (Å²) in [5.41, 5.74) is 1.54. The maximum atomic E-state index is 11.8. The molecule has 7 heteroatoms. The van der Waals surface area contributed by atoms with E-state index in [1.165, 1.54) is 12.3 Å². The lowest BCUT2D eigenvalue weighted by Gasteiger charge is -2.03. The number of nitrogens with one attached hydrogen (secondary N) is 1. The molecule has 0 aliphatic rings. The van der Waals surface area contributed by atoms with Crippen molar-refractivity contribution in [2.75, 3.05) is 5.32 Å². The fraction of sp³-hybridized carbons (Fsp3) is 0.0769. The molecule has 20 heavy (non-hydrogen) atoms. The van der Waals surface area contributed by atoms with Crippen molar-refractivity contribution >= 4 is 11.6 Å². The van der Waals surface area contributed by atoms with Crippen LogP contribution in [-0.4, -0.2) is 21.3 Å². The lowest BCUT2D eigenvalue weighted by molar-refractivity contribution is 0.101. The number of carbonyl (C=O) groups excluding carboxylic acids is 1. The van der Waals surface area contributed by atoms with Gasteiger partial charge in [0.1, 0.15) is 6.26 Å². The molecule has 0 atom stereocenters. The highest BCUT2D eigenvalue weighted by molar-refractivity contribution is 6.02. The van der Waals surface area contributed by atoms with E-state index in [0.717, 1.165) is 5.56 Å². The molecule has 100 valence electrons. The average molecular weight is 270 g/mol. The van der Waals surface area contributed by atoms with Crippen molar-refractivity contribution in [3.05, 3.63) is 48.2 Å². The van der Waals surface area contributed by atoms with Crippen LogP contribution in [0.4, 0.5) is 5.69 Å². The van der Waals surface area contributed by atoms with Gasteiger partial charge < -0.3 is 14.3 Å². The van der Waals surface area contributed by atoms with Crippen LogP contribution in [0.2, 0.25) is 0 Å². The first-order valence-corrected chi connectivity index (χ1v) is 5.84. The van der Waals surface area contributed by atoms with Gasteiger partial charge in [0.15, 0.2) is 5.69 Å². The number of amides is 1. The fourth-order valence-electron chi connectivity index (χ4n) is 1.67. The number of hydrogen-bond donors (Lipinski definition) is 1. The van der Waals surface area contributed by atoms with Gasteiger partial charge in [-0.05, 0) is 18.2 Å². The Labute approximate surface area is 113 Å². The summed E-state index contributed by atoms with van der Waals surface area (Å²) in [7, 11) is 0. The van der Waals surface area contributed by atoms with Crippen molar-refractivity contribution in [1.82, 2.24) is 15.4 Å². The molecule has 0 aliphatic carbocycles. The maximum Gasteiger partial charge on any atom is 0.277 e. The highest BCUT2D eigenvalue weighted by Crippen LogP contribution is 2.21. The van der Waals surface area contributed by atoms with E-state index in [2.05, 4.69) is 25.2 Å². The van der Waals surface area contributed by atoms with Crippen LogP contribution in [0.1, 0.15) is 16.4 Å². The van der Waals surface area contributed by atoms with Crippen molar-refractivity contribution < 1.29 is 13.7 Å². The molecule has 0 unspecified atom stereocenters. The van der Waals surface area contributed by atoms with E-state index >= 15 is 0 Å². The van der Waals surface area contributed by atoms with E-state index < -0.39 is 0 Å². The lowest BCUT2D eigenvalue weighted by Crippen LogP contribution is -2.12. The second-order valence-electron chi connectivity index (χ2n) is 4.05. The molecule has 1 N–H and O–H groups in total. The smallest absolute Gasteiger partial charge is 0.277 e. The van der Waals surface area contributed by atoms with Gasteiger partial charge in [0, 0.05) is 24.2 Å². The third-order valence-electron chi connectivity index (χ3n) is 2.56. The van der Waals surface area contributed by atoms with Crippen molar-refractivity contribution in [2.24, 2.45) is 0 Å². The predicted molar refractivity (Wildman–Crippen MR) is 68.9 cm³/mol. The molecule has 3 aromatic rings. The fourth-order valence-corrected chi connectivity index (χ4v) is 1.67. The van der Waals surface area contributed by atoms with Gasteiger partial charge in [-0.15, -0.1) is 10.2 Å². The largest absolute Gasteiger partial charge is 0.421 e. The summed E-state index contributed by atoms with van der Waals surface area (Å²) in [5, 5.41) is 14.0. The zero-order chi connectivity index (χ0) is 13.9. The lowest BCUT2D eigenvalue weighted by atomic mass is 10.2. The van der Waals surface area contributed by atoms with Gasteiger partial charge in [-0.25, -0.2) is 0 Å². The van der Waals surface area contributed by atoms with E-state index in [9.17, 15) is 4.79 Å². The Morgan fingerprint density at radius 1 is 1.25 bits per heavy atom. The summed E-state index contributed by atoms with van der Waals surface area (Å²) in [5.74, 6) is 0.537. The summed E-state index contributed by atoms with van der Waals surface area (Å²) < 4.78 is 9.96. The first-order valence-electron chi connectivity index (χ1n) is 5.84. The van der Waals surface area contributed by atoms with Crippen LogP contribution in [0.5, 0.6) is 0 Å². The van der Waals surface area contributed by atoms with Gasteiger partial charge in [-0.1, -0.05) is 11.2 Å². The molecule has 0 spiro atoms. The molecular weight excluding hydrogens is 260 g/mol. The van der Waals surface area contributed by atoms with Gasteiger partial charge >= 0.3 is 0 Å². The van der Waals surface area contributed by atoms with Crippen molar-refractivity contribution in [1.29, 1.82) is 0 Å². The van der Waals surface area contributed by atoms with Gasteiger partial charge in [0.2, 0.25) is 11.8 Å². The maximum absolute atomic E-state index is 11.8. The summed E-state index contributed by atoms with van der Waals surface area (Å²) in [6, 6.07) is 8.59. The summed E-state index contributed by atoms with van der Waals surface area (Å²) in [4.78, 5) is 11.8. The summed E-state index contributed by atoms with van der Waals surface area (Å²) in [6.45, 7) is 1.71. The molecule has 0 aliphatic heterocycles. The highest BCUT2D eigenvalue weighted by Gasteiger charge is 2.11. The first kappa shape index (κ1) is 12.1. The second-order valence-corrected chi connectivity index (χ2v) is 4.05. The number of benzene rings is 1. The van der Waals surface area contributed by atoms with Gasteiger partial charge in [-0.3, -0.25) is 4.79 Å². The molecule has 7 nitrogen and oxygen atoms in total. The standard InChI is InChI=1S/C13H10N4O3/c1-8-15-16-13(20-8)9-3-2-4-10(7-9)14-12(18)11-5-6-19-17-11/h2-7H,1H3,(H,14,18). The summed E-state index contributed by atoms with van der Waals surface area (Å²) >= 11 is 0. The molecule has 1 aromatic carbocycles. The van der Waals surface area contributed by atoms with E-state index in [0.29, 0.717) is 17.5 Å². The SMILES string of the molecule is Cc1nnc(-c2cccc(NC(=O)c3ccon3)c2)o1. The number of carbonyl (C=O) groups is 1. The number of aryl methyl sites for hydroxylation is 1. The van der Waals surface area contributed by atoms with Gasteiger partial charge in [0.25, 0.3) is 5.91 Å². The van der Waals surface area contributed by atoms with Crippen LogP contribution in [0.3, 0.4) is 0 Å². The Morgan fingerprint density at radius 2 is 2.15 bits per heavy atom. The molecule has 2 heterocycles. The molecule has 2 aromatic heterocycles. The second kappa shape index (κ2) is 4.96. The number of anilines is 1. The Hall–Kier alpha value is -2.96. The number of hydrogen-bond acceptors (Lipinski definition) is 6. The minimum atomic E-state index is -0.349. The Balaban J connectivity index is 1.83. The molecular formula is C13H10N4O3. The third kappa shape index (κ3) is 2.41. The van der Waals surface area contributed by atoms with Crippen LogP contribution < -0.4 is 5.32 Å². The van der Waals surface area contributed by atoms with Crippen molar-refractivity contribution in [3.8, 4) is 11.5 Å². The van der Waals surface area contributed by atoms with E-state index in [-0.39, 0.29) is 11.6 Å². The predicted octanol–water partition coefficient (Wildman–Crippen LogP) is 2.29. The normalized spacial score (nSPS) is 10.4. The number of nitrogens with zero attached hydrogens (tertiary/aromatic N) is 3. The Bertz CT molecular complexity index is 734. The third-order valence-corrected chi connectivity index (χ3v) is 2.56. The monoisotopic (exact) mass is 270 g/mol. The zero-order valence-electron chi connectivity index (χ0n) is 10.5. The molecule has 3 rings (SSSR count). The van der Waals surface area contributed by atoms with E-state index in [1.807, 2.05) is 6.07 Å². The minimum absolute atomic E-state index is 0.212. The minimum Gasteiger partial charge on any atom is -0.421 e. The van der Waals surface area contributed by atoms with Crippen LogP contribution in [0, 0.1) is 6.92 Å². The molecule has 0 fully saturated rings. The number of rotatable bonds is 3. The van der Waals surface area contributed by atoms with Crippen molar-refractivity contribution in [3.63, 3.8) is 0 Å². The van der Waals surface area contributed by atoms with E-state index in [1.54, 1.807) is 25.1 Å². The molecule has 0 saturated heterocycles. The van der Waals surface area contributed by atoms with Gasteiger partial charge in [-0.2, -0.15) is 0 Å². The van der Waals surface area contributed by atoms with Crippen LogP contribution >= 0.6 is 0 Å². The Kier molecular flexibility index (Phi) is 3.00. The molecule has 0 saturated carbocycles. The molecule has 0 bridgehead atoms. The topological polar surface area (TPSA) is 94.1 Å². The Morgan fingerprint density at radius 3 is 2.85 bits per heavy atom. The highest BCUT2D eigenvalue weighted by atomic mass is 16.5. The van der Waals surface area contributed by atoms with Crippen LogP contribution in [0.25, 0.3) is 11.5 Å². The first-order chi connectivity index (χ1) is 9.72. The average Bonchev–Trinajstić information content (AvgIpc) is 3.10. The quantitative estimate of drug-likeness (QED) is 0.784. The van der Waals surface area contributed by atoms with Crippen molar-refractivity contribution in [2.45, 2.75) is 6.92 Å². The van der Waals surface area contributed by atoms with Crippen LogP contribution in [0.15, 0.2) is 45.5 Å². The molecule has 1 amide bonds. The summed E-state index contributed by atoms with van der Waals surface area (Å²) in [6.07, 6.45) is 1.34. The van der Waals surface area contributed by atoms with E-state index in [4.69, 9.17) is 4.42 Å². The van der Waals surface area contributed by atoms with Crippen LogP contribution in [-0.2, 0) is 0 Å². The molecule has 0 radical (unpaired) electrons. The van der Waals surface area contributed by atoms with Gasteiger partial charge in [0.05, 0.1) is 0 Å².